The Morgan fingerprint density at radius 3 is 1.97 bits per heavy atom. The average molecular weight is 527 g/mol. The summed E-state index contributed by atoms with van der Waals surface area (Å²) in [4.78, 5) is 25.7. The number of hydrogen-bond donors (Lipinski definition) is 0. The second kappa shape index (κ2) is 12.0. The molecule has 0 spiro atoms. The van der Waals surface area contributed by atoms with E-state index in [2.05, 4.69) is 40.7 Å². The molecule has 0 aliphatic carbocycles. The largest absolute Gasteiger partial charge is 0.426 e. The zero-order chi connectivity index (χ0) is 29.1. The first kappa shape index (κ1) is 31.5. The van der Waals surface area contributed by atoms with Crippen LogP contribution in [0, 0.1) is 12.8 Å². The van der Waals surface area contributed by atoms with Gasteiger partial charge in [0.15, 0.2) is 5.60 Å². The van der Waals surface area contributed by atoms with E-state index in [0.717, 1.165) is 11.1 Å². The minimum Gasteiger partial charge on any atom is -0.426 e. The molecular weight excluding hydrogens is 480 g/mol. The van der Waals surface area contributed by atoms with Crippen molar-refractivity contribution in [3.63, 3.8) is 0 Å². The van der Waals surface area contributed by atoms with Crippen molar-refractivity contribution < 1.29 is 28.5 Å². The number of hydrogen-bond acceptors (Lipinski definition) is 6. The highest BCUT2D eigenvalue weighted by Crippen LogP contribution is 2.47. The van der Waals surface area contributed by atoms with Crippen LogP contribution in [0.3, 0.4) is 0 Å². The minimum atomic E-state index is -1.23. The van der Waals surface area contributed by atoms with Crippen molar-refractivity contribution in [1.82, 2.24) is 0 Å². The summed E-state index contributed by atoms with van der Waals surface area (Å²) in [6.07, 6.45) is 2.94. The van der Waals surface area contributed by atoms with Crippen molar-refractivity contribution in [1.29, 1.82) is 0 Å². The van der Waals surface area contributed by atoms with E-state index in [9.17, 15) is 9.59 Å². The lowest BCUT2D eigenvalue weighted by molar-refractivity contribution is -0.166. The lowest BCUT2D eigenvalue weighted by Gasteiger charge is -2.33. The Morgan fingerprint density at radius 2 is 1.47 bits per heavy atom. The molecule has 0 saturated heterocycles. The Hall–Kier alpha value is -2.70. The minimum absolute atomic E-state index is 0.217. The molecule has 0 atom stereocenters. The molecule has 210 valence electrons. The first-order valence-corrected chi connectivity index (χ1v) is 13.3. The molecule has 0 unspecified atom stereocenters. The normalized spacial score (nSPS) is 13.2. The molecule has 0 heterocycles. The highest BCUT2D eigenvalue weighted by atomic mass is 16.6. The highest BCUT2D eigenvalue weighted by Gasteiger charge is 2.37. The molecule has 38 heavy (non-hydrogen) atoms. The van der Waals surface area contributed by atoms with Gasteiger partial charge in [0.2, 0.25) is 0 Å². The number of ether oxygens (including phenoxy) is 4. The van der Waals surface area contributed by atoms with Crippen LogP contribution in [0.15, 0.2) is 35.9 Å². The van der Waals surface area contributed by atoms with Crippen LogP contribution in [-0.2, 0) is 24.5 Å². The summed E-state index contributed by atoms with van der Waals surface area (Å²) in [5.74, 6) is 0.449. The topological polar surface area (TPSA) is 71.1 Å². The number of benzene rings is 2. The highest BCUT2D eigenvalue weighted by molar-refractivity contribution is 5.99. The van der Waals surface area contributed by atoms with Crippen LogP contribution in [0.25, 0.3) is 10.8 Å². The summed E-state index contributed by atoms with van der Waals surface area (Å²) < 4.78 is 23.4. The Kier molecular flexibility index (Phi) is 9.95. The summed E-state index contributed by atoms with van der Waals surface area (Å²) in [5.41, 5.74) is 0.640. The maximum absolute atomic E-state index is 13.6. The van der Waals surface area contributed by atoms with Gasteiger partial charge in [-0.1, -0.05) is 63.6 Å². The SMILES string of the molecule is COC(C)(C)COC(C)(C)C(=O)Oc1c(C(C)(C)C/C=C(\C)C(C)C)c(C)c(OC(C)=O)c2ccccc12. The Labute approximate surface area is 228 Å². The van der Waals surface area contributed by atoms with Gasteiger partial charge >= 0.3 is 11.9 Å². The molecule has 0 fully saturated rings. The predicted molar refractivity (Wildman–Crippen MR) is 153 cm³/mol. The lowest BCUT2D eigenvalue weighted by atomic mass is 9.76. The fraction of sp³-hybridized carbons (Fsp3) is 0.562. The van der Waals surface area contributed by atoms with Gasteiger partial charge in [-0.3, -0.25) is 4.79 Å². The number of fused-ring (bicyclic) bond motifs is 1. The molecule has 2 aromatic rings. The van der Waals surface area contributed by atoms with Crippen LogP contribution >= 0.6 is 0 Å². The van der Waals surface area contributed by atoms with Gasteiger partial charge in [0.1, 0.15) is 11.5 Å². The van der Waals surface area contributed by atoms with Crippen molar-refractivity contribution in [2.45, 2.75) is 99.2 Å². The van der Waals surface area contributed by atoms with Crippen LogP contribution < -0.4 is 9.47 Å². The van der Waals surface area contributed by atoms with E-state index in [1.165, 1.54) is 12.5 Å². The molecule has 0 amide bonds. The van der Waals surface area contributed by atoms with E-state index >= 15 is 0 Å². The molecule has 0 bridgehead atoms. The van der Waals surface area contributed by atoms with Crippen molar-refractivity contribution in [2.24, 2.45) is 5.92 Å². The van der Waals surface area contributed by atoms with E-state index in [1.807, 2.05) is 45.0 Å². The summed E-state index contributed by atoms with van der Waals surface area (Å²) in [5, 5.41) is 1.40. The molecule has 0 radical (unpaired) electrons. The lowest BCUT2D eigenvalue weighted by Crippen LogP contribution is -2.43. The molecule has 2 aromatic carbocycles. The van der Waals surface area contributed by atoms with E-state index in [4.69, 9.17) is 18.9 Å². The summed E-state index contributed by atoms with van der Waals surface area (Å²) >= 11 is 0. The molecule has 6 heteroatoms. The number of carbonyl (C=O) groups is 2. The Balaban J connectivity index is 2.74. The van der Waals surface area contributed by atoms with Crippen molar-refractivity contribution in [2.75, 3.05) is 13.7 Å². The maximum atomic E-state index is 13.6. The fourth-order valence-electron chi connectivity index (χ4n) is 4.14. The quantitative estimate of drug-likeness (QED) is 0.172. The molecule has 0 N–H and O–H groups in total. The average Bonchev–Trinajstić information content (AvgIpc) is 2.83. The van der Waals surface area contributed by atoms with Gasteiger partial charge in [0.05, 0.1) is 12.2 Å². The van der Waals surface area contributed by atoms with Gasteiger partial charge in [-0.05, 0) is 64.9 Å². The Morgan fingerprint density at radius 1 is 0.921 bits per heavy atom. The van der Waals surface area contributed by atoms with Crippen molar-refractivity contribution in [3.05, 3.63) is 47.0 Å². The molecule has 2 rings (SSSR count). The zero-order valence-electron chi connectivity index (χ0n) is 25.3. The molecule has 0 aromatic heterocycles. The third-order valence-corrected chi connectivity index (χ3v) is 7.15. The standard InChI is InChI=1S/C32H46O6/c1-20(2)21(3)17-18-30(6,7)26-22(4)27(37-23(5)33)24-15-13-14-16-25(24)28(26)38-29(34)32(10,11)36-19-31(8,9)35-12/h13-17,20H,18-19H2,1-12H3/b21-17+. The third kappa shape index (κ3) is 7.45. The van der Waals surface area contributed by atoms with Crippen LogP contribution in [0.4, 0.5) is 0 Å². The number of esters is 2. The van der Waals surface area contributed by atoms with Crippen molar-refractivity contribution in [3.8, 4) is 11.5 Å². The van der Waals surface area contributed by atoms with Gasteiger partial charge in [-0.2, -0.15) is 0 Å². The molecule has 0 aliphatic heterocycles. The van der Waals surface area contributed by atoms with Crippen LogP contribution in [0.1, 0.15) is 86.8 Å². The summed E-state index contributed by atoms with van der Waals surface area (Å²) in [6.45, 7) is 21.4. The first-order chi connectivity index (χ1) is 17.4. The van der Waals surface area contributed by atoms with Crippen LogP contribution in [0.5, 0.6) is 11.5 Å². The van der Waals surface area contributed by atoms with Gasteiger partial charge in [-0.15, -0.1) is 0 Å². The maximum Gasteiger partial charge on any atom is 0.343 e. The summed E-state index contributed by atoms with van der Waals surface area (Å²) in [7, 11) is 1.61. The van der Waals surface area contributed by atoms with Gasteiger partial charge in [-0.25, -0.2) is 4.79 Å². The second-order valence-electron chi connectivity index (χ2n) is 12.1. The van der Waals surface area contributed by atoms with E-state index in [-0.39, 0.29) is 6.61 Å². The number of rotatable bonds is 11. The molecular formula is C32H46O6. The molecule has 0 aliphatic rings. The smallest absolute Gasteiger partial charge is 0.343 e. The van der Waals surface area contributed by atoms with E-state index in [1.54, 1.807) is 21.0 Å². The van der Waals surface area contributed by atoms with Crippen molar-refractivity contribution >= 4 is 22.7 Å². The molecule has 6 nitrogen and oxygen atoms in total. The van der Waals surface area contributed by atoms with Gasteiger partial charge in [0, 0.05) is 30.4 Å². The monoisotopic (exact) mass is 526 g/mol. The second-order valence-corrected chi connectivity index (χ2v) is 12.1. The van der Waals surface area contributed by atoms with Crippen LogP contribution in [-0.4, -0.2) is 36.9 Å². The first-order valence-electron chi connectivity index (χ1n) is 13.3. The fourth-order valence-corrected chi connectivity index (χ4v) is 4.14. The van der Waals surface area contributed by atoms with Gasteiger partial charge in [0.25, 0.3) is 0 Å². The number of methoxy groups -OCH3 is 1. The van der Waals surface area contributed by atoms with Gasteiger partial charge < -0.3 is 18.9 Å². The van der Waals surface area contributed by atoms with Crippen LogP contribution in [0.2, 0.25) is 0 Å². The molecule has 0 saturated carbocycles. The zero-order valence-corrected chi connectivity index (χ0v) is 25.3. The number of carbonyl (C=O) groups excluding carboxylic acids is 2. The van der Waals surface area contributed by atoms with E-state index in [0.29, 0.717) is 34.6 Å². The predicted octanol–water partition coefficient (Wildman–Crippen LogP) is 7.47. The third-order valence-electron chi connectivity index (χ3n) is 7.15. The number of allylic oxidation sites excluding steroid dienone is 2. The summed E-state index contributed by atoms with van der Waals surface area (Å²) in [6, 6.07) is 7.52. The van der Waals surface area contributed by atoms with E-state index < -0.39 is 28.6 Å². The Bertz CT molecular complexity index is 1200.